The van der Waals surface area contributed by atoms with Crippen LogP contribution in [0.25, 0.3) is 0 Å². The molecule has 0 aromatic rings. The quantitative estimate of drug-likeness (QED) is 0.269. The Labute approximate surface area is 154 Å². The van der Waals surface area contributed by atoms with E-state index >= 15 is 0 Å². The number of carbonyl (C=O) groups excluding carboxylic acids is 2. The Morgan fingerprint density at radius 1 is 0.720 bits per heavy atom. The minimum Gasteiger partial charge on any atom is -0.466 e. The predicted molar refractivity (Wildman–Crippen MR) is 101 cm³/mol. The smallest absolute Gasteiger partial charge is 0.312 e. The van der Waals surface area contributed by atoms with Crippen molar-refractivity contribution in [2.75, 3.05) is 6.61 Å². The van der Waals surface area contributed by atoms with E-state index in [1.165, 1.54) is 57.8 Å². The van der Waals surface area contributed by atoms with Crippen LogP contribution in [0.1, 0.15) is 110 Å². The molecule has 3 nitrogen and oxygen atoms in total. The molecule has 2 aliphatic carbocycles. The SMILES string of the molecule is CCOC(=O)C1(CCCCCCCCCCCC2(C(C)=O)CC2)CC1. The first kappa shape index (κ1) is 20.5. The third-order valence-corrected chi connectivity index (χ3v) is 6.47. The third kappa shape index (κ3) is 6.42. The van der Waals surface area contributed by atoms with E-state index in [1.807, 2.05) is 6.92 Å². The molecule has 0 amide bonds. The van der Waals surface area contributed by atoms with Crippen molar-refractivity contribution in [3.05, 3.63) is 0 Å². The highest BCUT2D eigenvalue weighted by molar-refractivity contribution is 5.84. The number of ketones is 1. The summed E-state index contributed by atoms with van der Waals surface area (Å²) < 4.78 is 5.19. The van der Waals surface area contributed by atoms with Crippen LogP contribution in [0.2, 0.25) is 0 Å². The molecule has 0 atom stereocenters. The zero-order valence-corrected chi connectivity index (χ0v) is 16.5. The number of hydrogen-bond acceptors (Lipinski definition) is 3. The molecule has 0 aromatic carbocycles. The van der Waals surface area contributed by atoms with Crippen molar-refractivity contribution in [3.63, 3.8) is 0 Å². The average molecular weight is 351 g/mol. The number of ether oxygens (including phenoxy) is 1. The predicted octanol–water partition coefficient (Wildman–Crippen LogP) is 5.99. The van der Waals surface area contributed by atoms with Crippen LogP contribution in [0, 0.1) is 10.8 Å². The fourth-order valence-corrected chi connectivity index (χ4v) is 4.08. The molecule has 0 bridgehead atoms. The highest BCUT2D eigenvalue weighted by Crippen LogP contribution is 2.51. The van der Waals surface area contributed by atoms with Gasteiger partial charge in [-0.1, -0.05) is 57.8 Å². The molecule has 3 heteroatoms. The fraction of sp³-hybridized carbons (Fsp3) is 0.909. The van der Waals surface area contributed by atoms with Gasteiger partial charge < -0.3 is 4.74 Å². The molecule has 0 radical (unpaired) electrons. The first-order chi connectivity index (χ1) is 12.0. The van der Waals surface area contributed by atoms with Crippen LogP contribution < -0.4 is 0 Å². The summed E-state index contributed by atoms with van der Waals surface area (Å²) in [6.45, 7) is 4.17. The number of unbranched alkanes of at least 4 members (excludes halogenated alkanes) is 8. The van der Waals surface area contributed by atoms with Gasteiger partial charge in [0.2, 0.25) is 0 Å². The van der Waals surface area contributed by atoms with E-state index in [4.69, 9.17) is 4.74 Å². The van der Waals surface area contributed by atoms with E-state index in [9.17, 15) is 9.59 Å². The zero-order chi connectivity index (χ0) is 18.2. The molecule has 25 heavy (non-hydrogen) atoms. The van der Waals surface area contributed by atoms with Gasteiger partial charge in [0.1, 0.15) is 5.78 Å². The van der Waals surface area contributed by atoms with Crippen LogP contribution in [0.5, 0.6) is 0 Å². The molecule has 2 saturated carbocycles. The zero-order valence-electron chi connectivity index (χ0n) is 16.5. The molecule has 0 saturated heterocycles. The van der Waals surface area contributed by atoms with Gasteiger partial charge in [-0.2, -0.15) is 0 Å². The lowest BCUT2D eigenvalue weighted by Gasteiger charge is -2.13. The summed E-state index contributed by atoms with van der Waals surface area (Å²) in [6, 6.07) is 0. The molecule has 144 valence electrons. The highest BCUT2D eigenvalue weighted by atomic mass is 16.5. The highest BCUT2D eigenvalue weighted by Gasteiger charge is 2.50. The first-order valence-corrected chi connectivity index (χ1v) is 10.7. The number of carbonyl (C=O) groups is 2. The molecule has 2 aliphatic rings. The van der Waals surface area contributed by atoms with Gasteiger partial charge in [-0.3, -0.25) is 9.59 Å². The summed E-state index contributed by atoms with van der Waals surface area (Å²) in [7, 11) is 0. The minimum atomic E-state index is -0.0885. The van der Waals surface area contributed by atoms with E-state index in [0.717, 1.165) is 38.5 Å². The minimum absolute atomic E-state index is 0.0488. The molecule has 0 unspecified atom stereocenters. The maximum atomic E-state index is 11.9. The van der Waals surface area contributed by atoms with Crippen LogP contribution in [-0.4, -0.2) is 18.4 Å². The van der Waals surface area contributed by atoms with Crippen molar-refractivity contribution in [1.82, 2.24) is 0 Å². The number of hydrogen-bond donors (Lipinski definition) is 0. The standard InChI is InChI=1S/C22H38O3/c1-3-25-20(24)22(17-18-22)14-12-10-8-6-4-5-7-9-11-13-21(15-16-21)19(2)23/h3-18H2,1-2H3. The summed E-state index contributed by atoms with van der Waals surface area (Å²) in [5.41, 5.74) is 0.0251. The molecule has 2 rings (SSSR count). The van der Waals surface area contributed by atoms with Crippen LogP contribution in [-0.2, 0) is 14.3 Å². The monoisotopic (exact) mass is 350 g/mol. The Bertz CT molecular complexity index is 433. The Kier molecular flexibility index (Phi) is 7.96. The lowest BCUT2D eigenvalue weighted by atomic mass is 9.94. The van der Waals surface area contributed by atoms with Crippen LogP contribution >= 0.6 is 0 Å². The number of Topliss-reactive ketones (excluding diaryl/α,β-unsaturated/α-hetero) is 1. The van der Waals surface area contributed by atoms with E-state index in [-0.39, 0.29) is 16.8 Å². The van der Waals surface area contributed by atoms with Crippen LogP contribution in [0.15, 0.2) is 0 Å². The molecule has 2 fully saturated rings. The van der Waals surface area contributed by atoms with Crippen molar-refractivity contribution in [2.45, 2.75) is 110 Å². The van der Waals surface area contributed by atoms with Crippen molar-refractivity contribution < 1.29 is 14.3 Å². The lowest BCUT2D eigenvalue weighted by Crippen LogP contribution is -2.18. The Morgan fingerprint density at radius 3 is 1.48 bits per heavy atom. The molecule has 0 aromatic heterocycles. The maximum absolute atomic E-state index is 11.9. The summed E-state index contributed by atoms with van der Waals surface area (Å²) in [6.07, 6.45) is 18.1. The van der Waals surface area contributed by atoms with E-state index in [0.29, 0.717) is 12.4 Å². The second-order valence-corrected chi connectivity index (χ2v) is 8.52. The van der Waals surface area contributed by atoms with Gasteiger partial charge in [-0.25, -0.2) is 0 Å². The number of esters is 1. The summed E-state index contributed by atoms with van der Waals surface area (Å²) >= 11 is 0. The number of rotatable bonds is 15. The first-order valence-electron chi connectivity index (χ1n) is 10.7. The molecular formula is C22H38O3. The van der Waals surface area contributed by atoms with Gasteiger partial charge in [0.25, 0.3) is 0 Å². The average Bonchev–Trinajstić information content (AvgIpc) is 3.48. The van der Waals surface area contributed by atoms with Gasteiger partial charge in [-0.05, 0) is 52.4 Å². The van der Waals surface area contributed by atoms with Crippen LogP contribution in [0.3, 0.4) is 0 Å². The van der Waals surface area contributed by atoms with Crippen molar-refractivity contribution in [2.24, 2.45) is 10.8 Å². The van der Waals surface area contributed by atoms with Crippen molar-refractivity contribution in [3.8, 4) is 0 Å². The van der Waals surface area contributed by atoms with Gasteiger partial charge in [-0.15, -0.1) is 0 Å². The van der Waals surface area contributed by atoms with E-state index in [2.05, 4.69) is 0 Å². The molecule has 0 spiro atoms. The summed E-state index contributed by atoms with van der Waals surface area (Å²) in [5, 5.41) is 0. The maximum Gasteiger partial charge on any atom is 0.312 e. The largest absolute Gasteiger partial charge is 0.466 e. The van der Waals surface area contributed by atoms with Gasteiger partial charge in [0.05, 0.1) is 12.0 Å². The lowest BCUT2D eigenvalue weighted by molar-refractivity contribution is -0.150. The normalized spacial score (nSPS) is 19.4. The molecular weight excluding hydrogens is 312 g/mol. The topological polar surface area (TPSA) is 43.4 Å². The Balaban J connectivity index is 1.36. The molecule has 0 N–H and O–H groups in total. The second kappa shape index (κ2) is 9.73. The van der Waals surface area contributed by atoms with E-state index < -0.39 is 0 Å². The fourth-order valence-electron chi connectivity index (χ4n) is 4.08. The van der Waals surface area contributed by atoms with Gasteiger partial charge in [0, 0.05) is 5.41 Å². The Morgan fingerprint density at radius 2 is 1.12 bits per heavy atom. The van der Waals surface area contributed by atoms with Crippen LogP contribution in [0.4, 0.5) is 0 Å². The summed E-state index contributed by atoms with van der Waals surface area (Å²) in [5.74, 6) is 0.469. The van der Waals surface area contributed by atoms with Gasteiger partial charge >= 0.3 is 5.97 Å². The second-order valence-electron chi connectivity index (χ2n) is 8.52. The van der Waals surface area contributed by atoms with Crippen molar-refractivity contribution in [1.29, 1.82) is 0 Å². The third-order valence-electron chi connectivity index (χ3n) is 6.47. The van der Waals surface area contributed by atoms with E-state index in [1.54, 1.807) is 6.92 Å². The summed E-state index contributed by atoms with van der Waals surface area (Å²) in [4.78, 5) is 23.4. The molecule has 0 heterocycles. The van der Waals surface area contributed by atoms with Crippen molar-refractivity contribution >= 4 is 11.8 Å². The molecule has 0 aliphatic heterocycles. The van der Waals surface area contributed by atoms with Gasteiger partial charge in [0.15, 0.2) is 0 Å². The Hall–Kier alpha value is -0.860.